The molecule has 0 saturated heterocycles. The fourth-order valence-corrected chi connectivity index (χ4v) is 1.41. The second-order valence-corrected chi connectivity index (χ2v) is 3.93. The predicted molar refractivity (Wildman–Crippen MR) is 61.7 cm³/mol. The van der Waals surface area contributed by atoms with E-state index in [1.807, 2.05) is 18.2 Å². The highest BCUT2D eigenvalue weighted by Gasteiger charge is 2.11. The van der Waals surface area contributed by atoms with Crippen LogP contribution in [-0.4, -0.2) is 16.2 Å². The number of hydrogen-bond acceptors (Lipinski definition) is 4. The lowest BCUT2D eigenvalue weighted by atomic mass is 10.2. The molecule has 4 heteroatoms. The molecule has 84 valence electrons. The van der Waals surface area contributed by atoms with E-state index in [-0.39, 0.29) is 0 Å². The Balaban J connectivity index is 2.19. The van der Waals surface area contributed by atoms with Gasteiger partial charge in [0.15, 0.2) is 5.76 Å². The van der Waals surface area contributed by atoms with Crippen molar-refractivity contribution in [3.05, 3.63) is 36.2 Å². The molecule has 4 nitrogen and oxygen atoms in total. The summed E-state index contributed by atoms with van der Waals surface area (Å²) in [6, 6.07) is 6.17. The van der Waals surface area contributed by atoms with Crippen LogP contribution >= 0.6 is 0 Å². The van der Waals surface area contributed by atoms with Crippen LogP contribution < -0.4 is 5.32 Å². The first-order valence-electron chi connectivity index (χ1n) is 5.35. The maximum atomic E-state index is 5.23. The van der Waals surface area contributed by atoms with Crippen molar-refractivity contribution >= 4 is 0 Å². The van der Waals surface area contributed by atoms with E-state index in [0.29, 0.717) is 6.04 Å². The minimum atomic E-state index is 0.437. The first kappa shape index (κ1) is 10.8. The van der Waals surface area contributed by atoms with Crippen LogP contribution in [0.2, 0.25) is 0 Å². The van der Waals surface area contributed by atoms with Crippen LogP contribution in [0.3, 0.4) is 0 Å². The van der Waals surface area contributed by atoms with Crippen molar-refractivity contribution in [3.63, 3.8) is 0 Å². The molecule has 0 atom stereocenters. The second-order valence-electron chi connectivity index (χ2n) is 3.93. The van der Waals surface area contributed by atoms with Crippen molar-refractivity contribution in [2.45, 2.75) is 26.4 Å². The molecule has 0 aromatic carbocycles. The van der Waals surface area contributed by atoms with Crippen molar-refractivity contribution in [1.29, 1.82) is 0 Å². The van der Waals surface area contributed by atoms with Crippen molar-refractivity contribution in [1.82, 2.24) is 15.5 Å². The van der Waals surface area contributed by atoms with Crippen molar-refractivity contribution in [2.75, 3.05) is 0 Å². The Morgan fingerprint density at radius 3 is 2.94 bits per heavy atom. The van der Waals surface area contributed by atoms with Gasteiger partial charge in [-0.05, 0) is 12.1 Å². The number of pyridine rings is 1. The van der Waals surface area contributed by atoms with Crippen LogP contribution in [0.1, 0.15) is 19.4 Å². The summed E-state index contributed by atoms with van der Waals surface area (Å²) >= 11 is 0. The summed E-state index contributed by atoms with van der Waals surface area (Å²) in [6.45, 7) is 4.95. The first-order valence-corrected chi connectivity index (χ1v) is 5.35. The molecule has 0 radical (unpaired) electrons. The van der Waals surface area contributed by atoms with Gasteiger partial charge in [0.1, 0.15) is 5.69 Å². The van der Waals surface area contributed by atoms with Crippen molar-refractivity contribution in [3.8, 4) is 11.5 Å². The van der Waals surface area contributed by atoms with E-state index in [2.05, 4.69) is 29.3 Å². The Morgan fingerprint density at radius 2 is 2.25 bits per heavy atom. The largest absolute Gasteiger partial charge is 0.354 e. The van der Waals surface area contributed by atoms with Gasteiger partial charge in [-0.2, -0.15) is 0 Å². The van der Waals surface area contributed by atoms with Gasteiger partial charge < -0.3 is 9.84 Å². The Morgan fingerprint density at radius 1 is 1.38 bits per heavy atom. The quantitative estimate of drug-likeness (QED) is 0.853. The maximum absolute atomic E-state index is 5.23. The lowest BCUT2D eigenvalue weighted by Gasteiger charge is -2.06. The van der Waals surface area contributed by atoms with E-state index >= 15 is 0 Å². The number of hydrogen-bond donors (Lipinski definition) is 1. The van der Waals surface area contributed by atoms with Crippen LogP contribution in [0.15, 0.2) is 35.1 Å². The molecule has 2 aromatic heterocycles. The molecule has 2 heterocycles. The summed E-state index contributed by atoms with van der Waals surface area (Å²) < 4.78 is 5.23. The first-order chi connectivity index (χ1) is 7.77. The molecule has 0 spiro atoms. The number of nitrogens with one attached hydrogen (secondary N) is 1. The third kappa shape index (κ3) is 2.46. The van der Waals surface area contributed by atoms with Crippen molar-refractivity contribution < 1.29 is 4.52 Å². The van der Waals surface area contributed by atoms with Crippen LogP contribution in [-0.2, 0) is 6.54 Å². The van der Waals surface area contributed by atoms with E-state index in [1.54, 1.807) is 12.4 Å². The smallest absolute Gasteiger partial charge is 0.189 e. The second kappa shape index (κ2) is 4.90. The zero-order valence-electron chi connectivity index (χ0n) is 9.47. The van der Waals surface area contributed by atoms with Gasteiger partial charge in [0.05, 0.1) is 6.20 Å². The molecule has 0 bridgehead atoms. The molecule has 2 rings (SSSR count). The molecular weight excluding hydrogens is 202 g/mol. The van der Waals surface area contributed by atoms with E-state index in [0.717, 1.165) is 23.6 Å². The third-order valence-electron chi connectivity index (χ3n) is 2.24. The highest BCUT2D eigenvalue weighted by Crippen LogP contribution is 2.20. The summed E-state index contributed by atoms with van der Waals surface area (Å²) in [5.74, 6) is 0.744. The lowest BCUT2D eigenvalue weighted by Crippen LogP contribution is -2.21. The number of rotatable bonds is 4. The fraction of sp³-hybridized carbons (Fsp3) is 0.333. The predicted octanol–water partition coefficient (Wildman–Crippen LogP) is 2.23. The molecular formula is C12H15N3O. The van der Waals surface area contributed by atoms with Gasteiger partial charge in [0.25, 0.3) is 0 Å². The maximum Gasteiger partial charge on any atom is 0.189 e. The standard InChI is InChI=1S/C12H15N3O/c1-9(2)14-7-10-8-15-16-12(10)11-5-3-4-6-13-11/h3-6,8-9,14H,7H2,1-2H3. The van der Waals surface area contributed by atoms with Gasteiger partial charge in [0.2, 0.25) is 0 Å². The summed E-state index contributed by atoms with van der Waals surface area (Å²) in [7, 11) is 0. The van der Waals surface area contributed by atoms with Crippen LogP contribution in [0.25, 0.3) is 11.5 Å². The van der Waals surface area contributed by atoms with Gasteiger partial charge in [-0.15, -0.1) is 0 Å². The Kier molecular flexibility index (Phi) is 3.31. The normalized spacial score (nSPS) is 10.9. The Bertz CT molecular complexity index is 437. The SMILES string of the molecule is CC(C)NCc1cnoc1-c1ccccn1. The van der Waals surface area contributed by atoms with Crippen LogP contribution in [0.5, 0.6) is 0 Å². The van der Waals surface area contributed by atoms with Crippen LogP contribution in [0.4, 0.5) is 0 Å². The zero-order chi connectivity index (χ0) is 11.4. The third-order valence-corrected chi connectivity index (χ3v) is 2.24. The molecule has 2 aromatic rings. The number of aromatic nitrogens is 2. The van der Waals surface area contributed by atoms with Gasteiger partial charge in [-0.1, -0.05) is 25.1 Å². The molecule has 0 saturated carbocycles. The highest BCUT2D eigenvalue weighted by atomic mass is 16.5. The summed E-state index contributed by atoms with van der Waals surface area (Å²) in [5.41, 5.74) is 1.85. The summed E-state index contributed by atoms with van der Waals surface area (Å²) in [6.07, 6.45) is 3.48. The molecule has 0 aliphatic heterocycles. The average Bonchev–Trinajstić information content (AvgIpc) is 2.75. The number of nitrogens with zero attached hydrogens (tertiary/aromatic N) is 2. The molecule has 0 aliphatic rings. The Labute approximate surface area is 94.7 Å². The van der Waals surface area contributed by atoms with E-state index < -0.39 is 0 Å². The van der Waals surface area contributed by atoms with Gasteiger partial charge in [-0.25, -0.2) is 0 Å². The molecule has 0 amide bonds. The summed E-state index contributed by atoms with van der Waals surface area (Å²) in [5, 5.41) is 7.15. The van der Waals surface area contributed by atoms with E-state index in [9.17, 15) is 0 Å². The van der Waals surface area contributed by atoms with Crippen LogP contribution in [0, 0.1) is 0 Å². The minimum Gasteiger partial charge on any atom is -0.354 e. The lowest BCUT2D eigenvalue weighted by molar-refractivity contribution is 0.430. The fourth-order valence-electron chi connectivity index (χ4n) is 1.41. The molecule has 16 heavy (non-hydrogen) atoms. The van der Waals surface area contributed by atoms with Gasteiger partial charge >= 0.3 is 0 Å². The topological polar surface area (TPSA) is 51.0 Å². The average molecular weight is 217 g/mol. The van der Waals surface area contributed by atoms with E-state index in [4.69, 9.17) is 4.52 Å². The minimum absolute atomic E-state index is 0.437. The molecule has 0 unspecified atom stereocenters. The molecule has 0 fully saturated rings. The van der Waals surface area contributed by atoms with Crippen molar-refractivity contribution in [2.24, 2.45) is 0 Å². The Hall–Kier alpha value is -1.68. The summed E-state index contributed by atoms with van der Waals surface area (Å²) in [4.78, 5) is 4.25. The highest BCUT2D eigenvalue weighted by molar-refractivity contribution is 5.55. The van der Waals surface area contributed by atoms with Gasteiger partial charge in [-0.3, -0.25) is 4.98 Å². The monoisotopic (exact) mass is 217 g/mol. The molecule has 0 aliphatic carbocycles. The van der Waals surface area contributed by atoms with Gasteiger partial charge in [0, 0.05) is 24.3 Å². The zero-order valence-corrected chi connectivity index (χ0v) is 9.47. The molecule has 1 N–H and O–H groups in total. The van der Waals surface area contributed by atoms with E-state index in [1.165, 1.54) is 0 Å².